The Labute approximate surface area is 121 Å². The fourth-order valence-electron chi connectivity index (χ4n) is 2.80. The Bertz CT molecular complexity index is 722. The summed E-state index contributed by atoms with van der Waals surface area (Å²) in [5.74, 6) is 1.01. The first-order valence-electron chi connectivity index (χ1n) is 6.16. The molecule has 0 spiro atoms. The topological polar surface area (TPSA) is 15.6 Å². The second kappa shape index (κ2) is 3.99. The number of hydrogen-bond donors (Lipinski definition) is 0. The number of aliphatic imine (C=N–C) groups is 1. The van der Waals surface area contributed by atoms with Crippen LogP contribution >= 0.6 is 23.2 Å². The van der Waals surface area contributed by atoms with Crippen molar-refractivity contribution in [1.82, 2.24) is 0 Å². The van der Waals surface area contributed by atoms with Gasteiger partial charge in [-0.15, -0.1) is 0 Å². The van der Waals surface area contributed by atoms with Gasteiger partial charge in [0.2, 0.25) is 0 Å². The van der Waals surface area contributed by atoms with E-state index in [9.17, 15) is 0 Å². The molecule has 2 aromatic carbocycles. The largest absolute Gasteiger partial charge is 0.324 e. The van der Waals surface area contributed by atoms with Crippen molar-refractivity contribution >= 4 is 34.7 Å². The summed E-state index contributed by atoms with van der Waals surface area (Å²) in [6, 6.07) is 12.0. The maximum absolute atomic E-state index is 6.13. The Morgan fingerprint density at radius 2 is 1.63 bits per heavy atom. The Morgan fingerprint density at radius 1 is 0.895 bits per heavy atom. The summed E-state index contributed by atoms with van der Waals surface area (Å²) in [5, 5.41) is 1.49. The quantitative estimate of drug-likeness (QED) is 0.708. The molecule has 94 valence electrons. The number of halogens is 2. The molecule has 2 aliphatic heterocycles. The van der Waals surface area contributed by atoms with Crippen LogP contribution in [0.15, 0.2) is 41.4 Å². The Kier molecular flexibility index (Phi) is 2.38. The summed E-state index contributed by atoms with van der Waals surface area (Å²) in [4.78, 5) is 6.83. The van der Waals surface area contributed by atoms with Crippen molar-refractivity contribution in [1.29, 1.82) is 0 Å². The van der Waals surface area contributed by atoms with Crippen LogP contribution in [0.2, 0.25) is 10.0 Å². The van der Waals surface area contributed by atoms with Crippen LogP contribution in [0.3, 0.4) is 0 Å². The molecule has 0 aliphatic carbocycles. The van der Waals surface area contributed by atoms with Crippen LogP contribution in [0.4, 0.5) is 5.69 Å². The number of rotatable bonds is 0. The summed E-state index contributed by atoms with van der Waals surface area (Å²) < 4.78 is 0. The maximum Gasteiger partial charge on any atom is 0.136 e. The molecule has 0 amide bonds. The molecule has 4 heteroatoms. The molecular weight excluding hydrogens is 279 g/mol. The number of amidine groups is 1. The molecule has 0 saturated heterocycles. The average molecular weight is 289 g/mol. The zero-order valence-electron chi connectivity index (χ0n) is 10.0. The normalized spacial score (nSPS) is 15.7. The molecule has 0 atom stereocenters. The first-order chi connectivity index (χ1) is 9.24. The van der Waals surface area contributed by atoms with Crippen molar-refractivity contribution in [2.45, 2.75) is 0 Å². The van der Waals surface area contributed by atoms with Gasteiger partial charge in [0.05, 0.1) is 12.2 Å². The van der Waals surface area contributed by atoms with Crippen LogP contribution < -0.4 is 4.90 Å². The molecule has 0 radical (unpaired) electrons. The third kappa shape index (κ3) is 1.60. The molecule has 2 heterocycles. The Balaban J connectivity index is 2.07. The van der Waals surface area contributed by atoms with E-state index in [1.165, 1.54) is 11.1 Å². The lowest BCUT2D eigenvalue weighted by atomic mass is 9.93. The minimum Gasteiger partial charge on any atom is -0.324 e. The molecule has 0 unspecified atom stereocenters. The predicted molar refractivity (Wildman–Crippen MR) is 80.6 cm³/mol. The predicted octanol–water partition coefficient (Wildman–Crippen LogP) is 4.24. The lowest BCUT2D eigenvalue weighted by Crippen LogP contribution is -2.31. The van der Waals surface area contributed by atoms with Crippen LogP contribution in [-0.4, -0.2) is 18.9 Å². The van der Waals surface area contributed by atoms with Gasteiger partial charge in [0.1, 0.15) is 5.84 Å². The molecular formula is C15H10Cl2N2. The summed E-state index contributed by atoms with van der Waals surface area (Å²) in [6.07, 6.45) is 0. The van der Waals surface area contributed by atoms with E-state index in [2.05, 4.69) is 22.0 Å². The zero-order chi connectivity index (χ0) is 13.0. The van der Waals surface area contributed by atoms with Crippen LogP contribution in [0.5, 0.6) is 0 Å². The van der Waals surface area contributed by atoms with E-state index < -0.39 is 0 Å². The van der Waals surface area contributed by atoms with Gasteiger partial charge in [0.25, 0.3) is 0 Å². The number of nitrogens with zero attached hydrogens (tertiary/aromatic N) is 2. The molecule has 2 aliphatic rings. The average Bonchev–Trinajstić information content (AvgIpc) is 2.88. The van der Waals surface area contributed by atoms with Crippen LogP contribution in [0.25, 0.3) is 11.1 Å². The second-order valence-electron chi connectivity index (χ2n) is 4.71. The Hall–Kier alpha value is -1.51. The van der Waals surface area contributed by atoms with Gasteiger partial charge in [-0.1, -0.05) is 35.3 Å². The van der Waals surface area contributed by atoms with Crippen molar-refractivity contribution in [3.8, 4) is 11.1 Å². The van der Waals surface area contributed by atoms with E-state index in [0.29, 0.717) is 0 Å². The fourth-order valence-corrected chi connectivity index (χ4v) is 3.14. The minimum atomic E-state index is 0.741. The van der Waals surface area contributed by atoms with Gasteiger partial charge >= 0.3 is 0 Å². The van der Waals surface area contributed by atoms with Crippen molar-refractivity contribution in [2.75, 3.05) is 18.0 Å². The zero-order valence-corrected chi connectivity index (χ0v) is 11.5. The highest BCUT2D eigenvalue weighted by molar-refractivity contribution is 6.33. The third-order valence-electron chi connectivity index (χ3n) is 3.60. The van der Waals surface area contributed by atoms with Gasteiger partial charge < -0.3 is 4.90 Å². The molecule has 0 N–H and O–H groups in total. The molecule has 0 aromatic heterocycles. The lowest BCUT2D eigenvalue weighted by molar-refractivity contribution is 1.02. The Morgan fingerprint density at radius 3 is 2.47 bits per heavy atom. The molecule has 4 rings (SSSR count). The first kappa shape index (κ1) is 11.3. The standard InChI is InChI=1S/C15H10Cl2N2/c16-9-1-3-11-12-4-2-10(17)8-14(12)19-6-5-18-15(19)13(11)7-9/h1-4,7-8H,5-6H2. The van der Waals surface area contributed by atoms with Gasteiger partial charge in [-0.05, 0) is 29.8 Å². The van der Waals surface area contributed by atoms with Gasteiger partial charge in [-0.25, -0.2) is 0 Å². The highest BCUT2D eigenvalue weighted by Crippen LogP contribution is 2.42. The molecule has 2 nitrogen and oxygen atoms in total. The maximum atomic E-state index is 6.13. The highest BCUT2D eigenvalue weighted by Gasteiger charge is 2.30. The highest BCUT2D eigenvalue weighted by atomic mass is 35.5. The first-order valence-corrected chi connectivity index (χ1v) is 6.91. The number of benzene rings is 2. The van der Waals surface area contributed by atoms with Crippen molar-refractivity contribution in [2.24, 2.45) is 4.99 Å². The van der Waals surface area contributed by atoms with E-state index in [1.807, 2.05) is 24.3 Å². The molecule has 0 fully saturated rings. The smallest absolute Gasteiger partial charge is 0.136 e. The van der Waals surface area contributed by atoms with Gasteiger partial charge in [-0.3, -0.25) is 4.99 Å². The van der Waals surface area contributed by atoms with E-state index >= 15 is 0 Å². The minimum absolute atomic E-state index is 0.741. The molecule has 0 bridgehead atoms. The van der Waals surface area contributed by atoms with Gasteiger partial charge in [-0.2, -0.15) is 0 Å². The van der Waals surface area contributed by atoms with E-state index in [0.717, 1.165) is 40.2 Å². The summed E-state index contributed by atoms with van der Waals surface area (Å²) in [5.41, 5.74) is 4.61. The monoisotopic (exact) mass is 288 g/mol. The van der Waals surface area contributed by atoms with Crippen molar-refractivity contribution in [3.05, 3.63) is 52.0 Å². The second-order valence-corrected chi connectivity index (χ2v) is 5.58. The molecule has 19 heavy (non-hydrogen) atoms. The van der Waals surface area contributed by atoms with Gasteiger partial charge in [0.15, 0.2) is 0 Å². The number of fused-ring (bicyclic) bond motifs is 6. The summed E-state index contributed by atoms with van der Waals surface area (Å²) >= 11 is 12.3. The number of hydrogen-bond acceptors (Lipinski definition) is 2. The van der Waals surface area contributed by atoms with Crippen molar-refractivity contribution < 1.29 is 0 Å². The van der Waals surface area contributed by atoms with Gasteiger partial charge in [0, 0.05) is 27.7 Å². The summed E-state index contributed by atoms with van der Waals surface area (Å²) in [7, 11) is 0. The van der Waals surface area contributed by atoms with Crippen LogP contribution in [0, 0.1) is 0 Å². The van der Waals surface area contributed by atoms with Crippen molar-refractivity contribution in [3.63, 3.8) is 0 Å². The fraction of sp³-hybridized carbons (Fsp3) is 0.133. The van der Waals surface area contributed by atoms with Crippen LogP contribution in [0.1, 0.15) is 5.56 Å². The van der Waals surface area contributed by atoms with E-state index in [1.54, 1.807) is 0 Å². The van der Waals surface area contributed by atoms with E-state index in [4.69, 9.17) is 23.2 Å². The SMILES string of the molecule is Clc1ccc2c(c1)C1=NCCN1c1cc(Cl)ccc1-2. The molecule has 0 saturated carbocycles. The third-order valence-corrected chi connectivity index (χ3v) is 4.07. The lowest BCUT2D eigenvalue weighted by Gasteiger charge is -2.30. The van der Waals surface area contributed by atoms with Crippen LogP contribution in [-0.2, 0) is 0 Å². The summed E-state index contributed by atoms with van der Waals surface area (Å²) in [6.45, 7) is 1.71. The van der Waals surface area contributed by atoms with E-state index in [-0.39, 0.29) is 0 Å². The molecule has 2 aromatic rings. The number of anilines is 1.